The molecule has 0 radical (unpaired) electrons. The first kappa shape index (κ1) is 30.2. The first-order valence-electron chi connectivity index (χ1n) is 11.6. The van der Waals surface area contributed by atoms with Crippen LogP contribution in [0, 0.1) is 0 Å². The second kappa shape index (κ2) is 16.0. The summed E-state index contributed by atoms with van der Waals surface area (Å²) in [5.74, 6) is -3.03. The number of Topliss-reactive ketones (excluding diaryl/α,β-unsaturated/α-hetero) is 2. The van der Waals surface area contributed by atoms with Crippen LogP contribution in [-0.2, 0) is 30.4 Å². The Hall–Kier alpha value is -3.80. The summed E-state index contributed by atoms with van der Waals surface area (Å²) in [4.78, 5) is 66.1. The van der Waals surface area contributed by atoms with Crippen LogP contribution in [0.5, 0.6) is 0 Å². The van der Waals surface area contributed by atoms with Gasteiger partial charge in [0.2, 0.25) is 11.8 Å². The Kier molecular flexibility index (Phi) is 13.4. The zero-order valence-corrected chi connectivity index (χ0v) is 20.6. The number of aliphatic imine (C=N–C) groups is 1. The molecule has 12 nitrogen and oxygen atoms in total. The SMILES string of the molecule is CC(=O)CN(CCCC(=O)CN(C[C@@H](N)Cc1ccccc1)C(=O)CCN=C(N)N)C(=O)CC(=O)O. The van der Waals surface area contributed by atoms with E-state index in [4.69, 9.17) is 22.3 Å². The fraction of sp³-hybridized carbons (Fsp3) is 0.500. The van der Waals surface area contributed by atoms with Gasteiger partial charge >= 0.3 is 5.97 Å². The van der Waals surface area contributed by atoms with Gasteiger partial charge in [0.15, 0.2) is 11.7 Å². The number of amides is 2. The van der Waals surface area contributed by atoms with Crippen molar-refractivity contribution in [3.05, 3.63) is 35.9 Å². The van der Waals surface area contributed by atoms with Gasteiger partial charge in [-0.2, -0.15) is 0 Å². The van der Waals surface area contributed by atoms with Gasteiger partial charge in [0.1, 0.15) is 12.2 Å². The molecule has 7 N–H and O–H groups in total. The van der Waals surface area contributed by atoms with Crippen LogP contribution in [0.15, 0.2) is 35.3 Å². The van der Waals surface area contributed by atoms with E-state index in [-0.39, 0.29) is 75.4 Å². The molecular weight excluding hydrogens is 468 g/mol. The van der Waals surface area contributed by atoms with Gasteiger partial charge in [0.05, 0.1) is 19.6 Å². The highest BCUT2D eigenvalue weighted by atomic mass is 16.4. The van der Waals surface area contributed by atoms with Crippen molar-refractivity contribution >= 4 is 35.3 Å². The van der Waals surface area contributed by atoms with E-state index in [1.165, 1.54) is 11.8 Å². The standard InChI is InChI=1S/C24H36N6O6/c1-17(31)14-29(22(34)13-23(35)36)11-5-8-20(32)16-30(21(33)9-10-28-24(26)27)15-19(25)12-18-6-3-2-4-7-18/h2-4,6-7,19H,5,8-16,25H2,1H3,(H,35,36)(H4,26,27,28)/t19-/m0/s1. The number of carbonyl (C=O) groups excluding carboxylic acids is 4. The van der Waals surface area contributed by atoms with Crippen molar-refractivity contribution in [1.82, 2.24) is 9.80 Å². The van der Waals surface area contributed by atoms with Crippen molar-refractivity contribution in [2.75, 3.05) is 32.7 Å². The van der Waals surface area contributed by atoms with Crippen molar-refractivity contribution in [3.63, 3.8) is 0 Å². The zero-order valence-electron chi connectivity index (χ0n) is 20.6. The third-order valence-corrected chi connectivity index (χ3v) is 5.09. The lowest BCUT2D eigenvalue weighted by Crippen LogP contribution is -2.45. The molecule has 198 valence electrons. The number of hydrogen-bond donors (Lipinski definition) is 4. The Morgan fingerprint density at radius 3 is 2.22 bits per heavy atom. The average molecular weight is 505 g/mol. The van der Waals surface area contributed by atoms with Crippen molar-refractivity contribution in [1.29, 1.82) is 0 Å². The molecule has 1 atom stereocenters. The molecule has 0 aliphatic rings. The molecule has 1 aromatic carbocycles. The van der Waals surface area contributed by atoms with Gasteiger partial charge < -0.3 is 32.1 Å². The summed E-state index contributed by atoms with van der Waals surface area (Å²) in [6, 6.07) is 9.11. The molecule has 0 aromatic heterocycles. The molecule has 1 rings (SSSR count). The summed E-state index contributed by atoms with van der Waals surface area (Å²) < 4.78 is 0. The van der Waals surface area contributed by atoms with Gasteiger partial charge in [-0.1, -0.05) is 30.3 Å². The minimum Gasteiger partial charge on any atom is -0.481 e. The Morgan fingerprint density at radius 2 is 1.64 bits per heavy atom. The van der Waals surface area contributed by atoms with E-state index in [0.717, 1.165) is 10.5 Å². The first-order valence-corrected chi connectivity index (χ1v) is 11.6. The van der Waals surface area contributed by atoms with E-state index in [1.54, 1.807) is 0 Å². The van der Waals surface area contributed by atoms with E-state index in [2.05, 4.69) is 4.99 Å². The van der Waals surface area contributed by atoms with E-state index < -0.39 is 24.3 Å². The van der Waals surface area contributed by atoms with E-state index in [1.807, 2.05) is 30.3 Å². The lowest BCUT2D eigenvalue weighted by Gasteiger charge is -2.26. The maximum absolute atomic E-state index is 12.8. The van der Waals surface area contributed by atoms with Crippen LogP contribution in [0.1, 0.15) is 38.2 Å². The molecule has 2 amide bonds. The zero-order chi connectivity index (χ0) is 27.1. The topological polar surface area (TPSA) is 202 Å². The molecule has 0 saturated carbocycles. The Bertz CT molecular complexity index is 932. The van der Waals surface area contributed by atoms with Crippen molar-refractivity contribution < 1.29 is 29.1 Å². The highest BCUT2D eigenvalue weighted by Gasteiger charge is 2.21. The van der Waals surface area contributed by atoms with Gasteiger partial charge in [-0.05, 0) is 25.3 Å². The molecular formula is C24H36N6O6. The van der Waals surface area contributed by atoms with Gasteiger partial charge in [-0.3, -0.25) is 29.0 Å². The van der Waals surface area contributed by atoms with E-state index in [0.29, 0.717) is 6.42 Å². The third kappa shape index (κ3) is 13.2. The molecule has 0 spiro atoms. The summed E-state index contributed by atoms with van der Waals surface area (Å²) in [5.41, 5.74) is 17.9. The Morgan fingerprint density at radius 1 is 0.972 bits per heavy atom. The van der Waals surface area contributed by atoms with Crippen LogP contribution in [0.25, 0.3) is 0 Å². The van der Waals surface area contributed by atoms with Crippen molar-refractivity contribution in [2.45, 2.75) is 45.1 Å². The largest absolute Gasteiger partial charge is 0.481 e. The van der Waals surface area contributed by atoms with Crippen LogP contribution in [0.2, 0.25) is 0 Å². The highest BCUT2D eigenvalue weighted by molar-refractivity contribution is 5.95. The van der Waals surface area contributed by atoms with Gasteiger partial charge in [0.25, 0.3) is 0 Å². The van der Waals surface area contributed by atoms with Crippen LogP contribution < -0.4 is 17.2 Å². The summed E-state index contributed by atoms with van der Waals surface area (Å²) in [7, 11) is 0. The number of carboxylic acid groups (broad SMARTS) is 1. The lowest BCUT2D eigenvalue weighted by atomic mass is 10.1. The van der Waals surface area contributed by atoms with E-state index >= 15 is 0 Å². The molecule has 0 fully saturated rings. The predicted octanol–water partition coefficient (Wildman–Crippen LogP) is -0.710. The van der Waals surface area contributed by atoms with Crippen molar-refractivity contribution in [2.24, 2.45) is 22.2 Å². The number of ketones is 2. The van der Waals surface area contributed by atoms with Crippen LogP contribution in [0.4, 0.5) is 0 Å². The number of aliphatic carboxylic acids is 1. The Labute approximate surface area is 210 Å². The number of carbonyl (C=O) groups is 5. The fourth-order valence-corrected chi connectivity index (χ4v) is 3.52. The maximum atomic E-state index is 12.8. The monoisotopic (exact) mass is 504 g/mol. The molecule has 1 aromatic rings. The molecule has 0 saturated heterocycles. The normalized spacial score (nSPS) is 11.3. The molecule has 12 heteroatoms. The third-order valence-electron chi connectivity index (χ3n) is 5.09. The minimum absolute atomic E-state index is 0.000678. The van der Waals surface area contributed by atoms with Crippen LogP contribution in [0.3, 0.4) is 0 Å². The quantitative estimate of drug-likeness (QED) is 0.120. The fourth-order valence-electron chi connectivity index (χ4n) is 3.52. The van der Waals surface area contributed by atoms with Crippen LogP contribution in [-0.4, -0.2) is 89.0 Å². The number of benzene rings is 1. The molecule has 36 heavy (non-hydrogen) atoms. The Balaban J connectivity index is 2.74. The van der Waals surface area contributed by atoms with Gasteiger partial charge in [-0.15, -0.1) is 0 Å². The second-order valence-corrected chi connectivity index (χ2v) is 8.51. The minimum atomic E-state index is -1.30. The summed E-state index contributed by atoms with van der Waals surface area (Å²) >= 11 is 0. The van der Waals surface area contributed by atoms with Gasteiger partial charge in [-0.25, -0.2) is 0 Å². The number of carboxylic acids is 1. The average Bonchev–Trinajstić information content (AvgIpc) is 2.77. The summed E-state index contributed by atoms with van der Waals surface area (Å²) in [5, 5.41) is 8.83. The molecule has 0 unspecified atom stereocenters. The molecule has 0 bridgehead atoms. The highest BCUT2D eigenvalue weighted by Crippen LogP contribution is 2.07. The first-order chi connectivity index (χ1) is 17.0. The van der Waals surface area contributed by atoms with Gasteiger partial charge in [0, 0.05) is 32.0 Å². The smallest absolute Gasteiger partial charge is 0.312 e. The molecule has 0 heterocycles. The molecule has 0 aliphatic carbocycles. The lowest BCUT2D eigenvalue weighted by molar-refractivity contribution is -0.145. The number of hydrogen-bond acceptors (Lipinski definition) is 7. The molecule has 0 aliphatic heterocycles. The van der Waals surface area contributed by atoms with E-state index in [9.17, 15) is 24.0 Å². The summed E-state index contributed by atoms with van der Waals surface area (Å²) in [6.07, 6.45) is 0.0141. The summed E-state index contributed by atoms with van der Waals surface area (Å²) in [6.45, 7) is 1.14. The number of nitrogens with zero attached hydrogens (tertiary/aromatic N) is 3. The maximum Gasteiger partial charge on any atom is 0.312 e. The number of nitrogens with two attached hydrogens (primary N) is 3. The number of rotatable bonds is 17. The predicted molar refractivity (Wildman–Crippen MR) is 134 cm³/mol. The second-order valence-electron chi connectivity index (χ2n) is 8.51. The van der Waals surface area contributed by atoms with Crippen molar-refractivity contribution in [3.8, 4) is 0 Å². The van der Waals surface area contributed by atoms with Crippen LogP contribution >= 0.6 is 0 Å². The number of guanidine groups is 1.